The van der Waals surface area contributed by atoms with Crippen LogP contribution >= 0.6 is 0 Å². The topological polar surface area (TPSA) is 49.9 Å². The number of fused-ring (bicyclic) bond motifs is 3. The van der Waals surface area contributed by atoms with Gasteiger partial charge in [0.2, 0.25) is 5.91 Å². The zero-order valence-corrected chi connectivity index (χ0v) is 15.7. The van der Waals surface area contributed by atoms with Gasteiger partial charge in [0.05, 0.1) is 25.2 Å². The van der Waals surface area contributed by atoms with Crippen molar-refractivity contribution in [3.63, 3.8) is 0 Å². The van der Waals surface area contributed by atoms with Crippen molar-refractivity contribution in [1.82, 2.24) is 9.80 Å². The summed E-state index contributed by atoms with van der Waals surface area (Å²) in [5.74, 6) is -0.239. The summed E-state index contributed by atoms with van der Waals surface area (Å²) < 4.78 is 5.62. The monoisotopic (exact) mass is 364 g/mol. The van der Waals surface area contributed by atoms with Crippen molar-refractivity contribution >= 4 is 11.8 Å². The number of ether oxygens (including phenoxy) is 1. The molecule has 2 aromatic carbocycles. The Morgan fingerprint density at radius 3 is 2.59 bits per heavy atom. The SMILES string of the molecule is Cc1ccc(-c2cccc(C(=O)N3C[C@@H]4COC[C@H](C3)N(C)C4=O)c2)cc1. The van der Waals surface area contributed by atoms with Crippen molar-refractivity contribution in [2.45, 2.75) is 13.0 Å². The number of amides is 2. The van der Waals surface area contributed by atoms with Crippen LogP contribution in [0, 0.1) is 12.8 Å². The van der Waals surface area contributed by atoms with Crippen LogP contribution in [0.1, 0.15) is 15.9 Å². The van der Waals surface area contributed by atoms with E-state index in [9.17, 15) is 9.59 Å². The van der Waals surface area contributed by atoms with Crippen LogP contribution < -0.4 is 0 Å². The highest BCUT2D eigenvalue weighted by Crippen LogP contribution is 2.24. The lowest BCUT2D eigenvalue weighted by molar-refractivity contribution is -0.133. The maximum absolute atomic E-state index is 13.2. The molecule has 2 amide bonds. The molecule has 0 aromatic heterocycles. The van der Waals surface area contributed by atoms with E-state index in [1.807, 2.05) is 29.2 Å². The molecule has 0 saturated carbocycles. The number of carbonyl (C=O) groups is 2. The summed E-state index contributed by atoms with van der Waals surface area (Å²) in [6.45, 7) is 3.83. The second-order valence-corrected chi connectivity index (χ2v) is 7.49. The second-order valence-electron chi connectivity index (χ2n) is 7.49. The van der Waals surface area contributed by atoms with E-state index in [2.05, 4.69) is 31.2 Å². The summed E-state index contributed by atoms with van der Waals surface area (Å²) in [6.07, 6.45) is 0. The van der Waals surface area contributed by atoms with Crippen LogP contribution in [-0.4, -0.2) is 61.0 Å². The second kappa shape index (κ2) is 7.16. The number of hydrogen-bond acceptors (Lipinski definition) is 3. The van der Waals surface area contributed by atoms with Gasteiger partial charge in [-0.05, 0) is 30.2 Å². The summed E-state index contributed by atoms with van der Waals surface area (Å²) in [5.41, 5.74) is 3.97. The number of aryl methyl sites for hydroxylation is 1. The molecule has 2 aliphatic rings. The number of hydrogen-bond donors (Lipinski definition) is 0. The van der Waals surface area contributed by atoms with E-state index in [1.165, 1.54) is 5.56 Å². The van der Waals surface area contributed by atoms with Crippen LogP contribution in [0.3, 0.4) is 0 Å². The van der Waals surface area contributed by atoms with E-state index in [0.717, 1.165) is 11.1 Å². The van der Waals surface area contributed by atoms with Gasteiger partial charge < -0.3 is 14.5 Å². The van der Waals surface area contributed by atoms with Crippen LogP contribution in [0.5, 0.6) is 0 Å². The van der Waals surface area contributed by atoms with E-state index in [1.54, 1.807) is 11.9 Å². The molecule has 27 heavy (non-hydrogen) atoms. The molecule has 5 nitrogen and oxygen atoms in total. The largest absolute Gasteiger partial charge is 0.378 e. The molecule has 0 spiro atoms. The van der Waals surface area contributed by atoms with E-state index in [4.69, 9.17) is 4.74 Å². The lowest BCUT2D eigenvalue weighted by Crippen LogP contribution is -2.45. The Hall–Kier alpha value is -2.66. The highest BCUT2D eigenvalue weighted by atomic mass is 16.5. The molecular weight excluding hydrogens is 340 g/mol. The predicted molar refractivity (Wildman–Crippen MR) is 103 cm³/mol. The number of nitrogens with zero attached hydrogens (tertiary/aromatic N) is 2. The molecule has 0 unspecified atom stereocenters. The average molecular weight is 364 g/mol. The Morgan fingerprint density at radius 2 is 1.81 bits per heavy atom. The molecule has 2 bridgehead atoms. The summed E-state index contributed by atoms with van der Waals surface area (Å²) in [4.78, 5) is 29.3. The zero-order valence-electron chi connectivity index (χ0n) is 15.7. The molecule has 4 rings (SSSR count). The quantitative estimate of drug-likeness (QED) is 0.823. The van der Waals surface area contributed by atoms with Crippen LogP contribution in [0.2, 0.25) is 0 Å². The van der Waals surface area contributed by atoms with Gasteiger partial charge in [-0.3, -0.25) is 9.59 Å². The van der Waals surface area contributed by atoms with Crippen LogP contribution in [0.4, 0.5) is 0 Å². The van der Waals surface area contributed by atoms with Gasteiger partial charge in [0, 0.05) is 25.7 Å². The average Bonchev–Trinajstić information content (AvgIpc) is 2.87. The predicted octanol–water partition coefficient (Wildman–Crippen LogP) is 2.59. The molecule has 0 aliphatic carbocycles. The standard InChI is InChI=1S/C22H24N2O3/c1-15-6-8-16(9-7-15)17-4-3-5-18(10-17)22(26)24-11-19-13-27-14-20(12-24)23(2)21(19)25/h3-10,19-20H,11-14H2,1-2H3/t19-,20+/m1/s1. The first-order valence-electron chi connectivity index (χ1n) is 9.34. The minimum atomic E-state index is -0.285. The Morgan fingerprint density at radius 1 is 1.04 bits per heavy atom. The number of benzene rings is 2. The van der Waals surface area contributed by atoms with Crippen LogP contribution in [0.15, 0.2) is 48.5 Å². The molecule has 2 heterocycles. The third-order valence-electron chi connectivity index (χ3n) is 5.53. The van der Waals surface area contributed by atoms with Gasteiger partial charge in [-0.25, -0.2) is 0 Å². The third kappa shape index (κ3) is 3.47. The minimum absolute atomic E-state index is 0.0241. The number of likely N-dealkylation sites (N-methyl/N-ethyl adjacent to an activating group) is 1. The normalized spacial score (nSPS) is 22.5. The molecule has 140 valence electrons. The van der Waals surface area contributed by atoms with Crippen LogP contribution in [-0.2, 0) is 9.53 Å². The Kier molecular flexibility index (Phi) is 4.70. The molecule has 2 aliphatic heterocycles. The van der Waals surface area contributed by atoms with Crippen molar-refractivity contribution in [1.29, 1.82) is 0 Å². The van der Waals surface area contributed by atoms with Crippen LogP contribution in [0.25, 0.3) is 11.1 Å². The fourth-order valence-corrected chi connectivity index (χ4v) is 3.82. The van der Waals surface area contributed by atoms with Gasteiger partial charge in [0.1, 0.15) is 0 Å². The smallest absolute Gasteiger partial charge is 0.253 e. The summed E-state index contributed by atoms with van der Waals surface area (Å²) in [7, 11) is 1.81. The van der Waals surface area contributed by atoms with Crippen molar-refractivity contribution in [2.24, 2.45) is 5.92 Å². The van der Waals surface area contributed by atoms with Gasteiger partial charge in [0.15, 0.2) is 0 Å². The van der Waals surface area contributed by atoms with Gasteiger partial charge in [0.25, 0.3) is 5.91 Å². The van der Waals surface area contributed by atoms with Gasteiger partial charge in [-0.15, -0.1) is 0 Å². The van der Waals surface area contributed by atoms with E-state index in [-0.39, 0.29) is 23.8 Å². The maximum atomic E-state index is 13.2. The molecular formula is C22H24N2O3. The minimum Gasteiger partial charge on any atom is -0.378 e. The highest BCUT2D eigenvalue weighted by molar-refractivity contribution is 5.96. The summed E-state index contributed by atoms with van der Waals surface area (Å²) >= 11 is 0. The fraction of sp³-hybridized carbons (Fsp3) is 0.364. The highest BCUT2D eigenvalue weighted by Gasteiger charge is 2.38. The van der Waals surface area contributed by atoms with E-state index >= 15 is 0 Å². The summed E-state index contributed by atoms with van der Waals surface area (Å²) in [5, 5.41) is 0. The van der Waals surface area contributed by atoms with Crippen molar-refractivity contribution in [3.05, 3.63) is 59.7 Å². The van der Waals surface area contributed by atoms with Crippen molar-refractivity contribution < 1.29 is 14.3 Å². The molecule has 2 saturated heterocycles. The molecule has 0 radical (unpaired) electrons. The first-order valence-corrected chi connectivity index (χ1v) is 9.34. The van der Waals surface area contributed by atoms with Gasteiger partial charge in [-0.2, -0.15) is 0 Å². The van der Waals surface area contributed by atoms with Crippen molar-refractivity contribution in [2.75, 3.05) is 33.4 Å². The Balaban J connectivity index is 1.60. The first-order chi connectivity index (χ1) is 13.0. The Bertz CT molecular complexity index is 862. The van der Waals surface area contributed by atoms with E-state index in [0.29, 0.717) is 31.9 Å². The molecule has 2 fully saturated rings. The maximum Gasteiger partial charge on any atom is 0.253 e. The molecule has 0 N–H and O–H groups in total. The van der Waals surface area contributed by atoms with Gasteiger partial charge >= 0.3 is 0 Å². The zero-order chi connectivity index (χ0) is 19.0. The van der Waals surface area contributed by atoms with Gasteiger partial charge in [-0.1, -0.05) is 42.0 Å². The van der Waals surface area contributed by atoms with Crippen molar-refractivity contribution in [3.8, 4) is 11.1 Å². The summed E-state index contributed by atoms with van der Waals surface area (Å²) in [6, 6.07) is 15.9. The number of rotatable bonds is 2. The first kappa shape index (κ1) is 17.7. The Labute approximate surface area is 159 Å². The lowest BCUT2D eigenvalue weighted by Gasteiger charge is -2.29. The third-order valence-corrected chi connectivity index (χ3v) is 5.53. The molecule has 2 aromatic rings. The fourth-order valence-electron chi connectivity index (χ4n) is 3.82. The van der Waals surface area contributed by atoms with E-state index < -0.39 is 0 Å². The lowest BCUT2D eigenvalue weighted by atomic mass is 10.0. The molecule has 5 heteroatoms. The number of carbonyl (C=O) groups excluding carboxylic acids is 2. The molecule has 2 atom stereocenters.